The van der Waals surface area contributed by atoms with Crippen LogP contribution in [0.1, 0.15) is 19.8 Å². The van der Waals surface area contributed by atoms with Gasteiger partial charge in [-0.1, -0.05) is 30.4 Å². The molecule has 7 heteroatoms. The molecular formula is C15H19FN4S2. The molecule has 1 saturated heterocycles. The number of halogens is 1. The fourth-order valence-corrected chi connectivity index (χ4v) is 3.73. The maximum Gasteiger partial charge on any atom is 0.209 e. The minimum atomic E-state index is -0.292. The lowest BCUT2D eigenvalue weighted by molar-refractivity contribution is 0.138. The molecule has 0 saturated carbocycles. The molecule has 0 aliphatic carbocycles. The molecule has 1 N–H and O–H groups in total. The average molecular weight is 338 g/mol. The van der Waals surface area contributed by atoms with Crippen LogP contribution >= 0.6 is 23.6 Å². The third-order valence-corrected chi connectivity index (χ3v) is 5.02. The molecule has 2 heterocycles. The first-order chi connectivity index (χ1) is 10.6. The highest BCUT2D eigenvalue weighted by molar-refractivity contribution is 7.73. The van der Waals surface area contributed by atoms with Gasteiger partial charge in [0.25, 0.3) is 0 Å². The van der Waals surface area contributed by atoms with Gasteiger partial charge in [-0.25, -0.2) is 9.07 Å². The summed E-state index contributed by atoms with van der Waals surface area (Å²) in [6.45, 7) is 5.14. The van der Waals surface area contributed by atoms with E-state index in [1.165, 1.54) is 30.2 Å². The second kappa shape index (κ2) is 6.85. The average Bonchev–Trinajstić information content (AvgIpc) is 2.81. The number of para-hydroxylation sites is 1. The summed E-state index contributed by atoms with van der Waals surface area (Å²) in [5, 5.41) is 8.11. The van der Waals surface area contributed by atoms with Gasteiger partial charge in [-0.05, 0) is 49.7 Å². The van der Waals surface area contributed by atoms with Crippen molar-refractivity contribution in [1.82, 2.24) is 14.7 Å². The van der Waals surface area contributed by atoms with Gasteiger partial charge in [-0.2, -0.15) is 0 Å². The third kappa shape index (κ3) is 3.71. The van der Waals surface area contributed by atoms with E-state index in [-0.39, 0.29) is 5.82 Å². The number of hydrogen-bond acceptors (Lipinski definition) is 5. The van der Waals surface area contributed by atoms with Crippen LogP contribution in [0.5, 0.6) is 0 Å². The molecule has 0 amide bonds. The van der Waals surface area contributed by atoms with Gasteiger partial charge in [0.15, 0.2) is 3.95 Å². The molecule has 1 aliphatic rings. The first-order valence-electron chi connectivity index (χ1n) is 7.43. The molecule has 4 nitrogen and oxygen atoms in total. The number of aromatic nitrogens is 2. The van der Waals surface area contributed by atoms with Crippen LogP contribution in [0, 0.1) is 15.7 Å². The molecule has 1 atom stereocenters. The van der Waals surface area contributed by atoms with E-state index in [1.807, 2.05) is 4.68 Å². The van der Waals surface area contributed by atoms with E-state index in [9.17, 15) is 4.39 Å². The molecular weight excluding hydrogens is 319 g/mol. The first kappa shape index (κ1) is 15.6. The van der Waals surface area contributed by atoms with Crippen LogP contribution < -0.4 is 5.32 Å². The molecule has 3 rings (SSSR count). The molecule has 0 unspecified atom stereocenters. The molecule has 1 fully saturated rings. The first-order valence-corrected chi connectivity index (χ1v) is 8.66. The van der Waals surface area contributed by atoms with E-state index in [1.54, 1.807) is 18.2 Å². The van der Waals surface area contributed by atoms with Gasteiger partial charge >= 0.3 is 0 Å². The Kier molecular flexibility index (Phi) is 4.85. The summed E-state index contributed by atoms with van der Waals surface area (Å²) in [5.74, 6) is 0.428. The summed E-state index contributed by atoms with van der Waals surface area (Å²) >= 11 is 6.75. The molecule has 1 aliphatic heterocycles. The van der Waals surface area contributed by atoms with Crippen molar-refractivity contribution in [1.29, 1.82) is 0 Å². The number of likely N-dealkylation sites (tertiary alicyclic amines) is 1. The number of nitrogens with zero attached hydrogens (tertiary/aromatic N) is 3. The monoisotopic (exact) mass is 338 g/mol. The van der Waals surface area contributed by atoms with Crippen LogP contribution in [0.2, 0.25) is 0 Å². The van der Waals surface area contributed by atoms with Gasteiger partial charge in [-0.3, -0.25) is 4.90 Å². The van der Waals surface area contributed by atoms with E-state index in [0.29, 0.717) is 21.4 Å². The Balaban J connectivity index is 1.71. The summed E-state index contributed by atoms with van der Waals surface area (Å²) in [6.07, 6.45) is 2.51. The van der Waals surface area contributed by atoms with Crippen molar-refractivity contribution < 1.29 is 4.39 Å². The predicted molar refractivity (Wildman–Crippen MR) is 90.6 cm³/mol. The summed E-state index contributed by atoms with van der Waals surface area (Å²) < 4.78 is 16.2. The number of benzene rings is 1. The Morgan fingerprint density at radius 1 is 1.45 bits per heavy atom. The molecule has 22 heavy (non-hydrogen) atoms. The number of anilines is 2. The lowest BCUT2D eigenvalue weighted by Crippen LogP contribution is -2.36. The molecule has 2 aromatic rings. The summed E-state index contributed by atoms with van der Waals surface area (Å²) in [5.41, 5.74) is 0.421. The Hall–Kier alpha value is -1.31. The second-order valence-corrected chi connectivity index (χ2v) is 7.37. The third-order valence-electron chi connectivity index (χ3n) is 3.80. The summed E-state index contributed by atoms with van der Waals surface area (Å²) in [4.78, 5) is 2.37. The van der Waals surface area contributed by atoms with Crippen molar-refractivity contribution in [2.24, 2.45) is 5.92 Å². The number of rotatable bonds is 4. The fraction of sp³-hybridized carbons (Fsp3) is 0.467. The van der Waals surface area contributed by atoms with Crippen LogP contribution in [0.3, 0.4) is 0 Å². The number of piperidine rings is 1. The molecule has 0 spiro atoms. The van der Waals surface area contributed by atoms with Gasteiger partial charge in [0, 0.05) is 6.54 Å². The Morgan fingerprint density at radius 2 is 2.27 bits per heavy atom. The maximum atomic E-state index is 13.7. The highest BCUT2D eigenvalue weighted by Crippen LogP contribution is 2.23. The van der Waals surface area contributed by atoms with Gasteiger partial charge in [-0.15, -0.1) is 5.10 Å². The van der Waals surface area contributed by atoms with Gasteiger partial charge in [0.1, 0.15) is 5.82 Å². The van der Waals surface area contributed by atoms with Crippen molar-refractivity contribution in [3.63, 3.8) is 0 Å². The molecule has 0 radical (unpaired) electrons. The molecule has 118 valence electrons. The Labute approximate surface area is 138 Å². The summed E-state index contributed by atoms with van der Waals surface area (Å²) in [7, 11) is 0. The zero-order chi connectivity index (χ0) is 15.5. The number of nitrogens with one attached hydrogen (secondary N) is 1. The predicted octanol–water partition coefficient (Wildman–Crippen LogP) is 4.25. The van der Waals surface area contributed by atoms with Crippen LogP contribution in [0.4, 0.5) is 15.2 Å². The highest BCUT2D eigenvalue weighted by atomic mass is 32.1. The van der Waals surface area contributed by atoms with Gasteiger partial charge in [0.2, 0.25) is 5.13 Å². The second-order valence-electron chi connectivity index (χ2n) is 5.74. The van der Waals surface area contributed by atoms with E-state index in [2.05, 4.69) is 22.2 Å². The van der Waals surface area contributed by atoms with Gasteiger partial charge < -0.3 is 5.32 Å². The minimum Gasteiger partial charge on any atom is -0.328 e. The standard InChI is InChI=1S/C15H19FN4S2/c1-11-5-4-8-19(9-11)10-20-15(21)22-14(18-20)17-13-7-3-2-6-12(13)16/h2-3,6-7,11H,4-5,8-10H2,1H3,(H,17,18)/t11-/m0/s1. The quantitative estimate of drug-likeness (QED) is 0.845. The van der Waals surface area contributed by atoms with Crippen molar-refractivity contribution in [2.45, 2.75) is 26.4 Å². The lowest BCUT2D eigenvalue weighted by Gasteiger charge is -2.30. The van der Waals surface area contributed by atoms with E-state index >= 15 is 0 Å². The zero-order valence-corrected chi connectivity index (χ0v) is 14.1. The Bertz CT molecular complexity index is 697. The molecule has 1 aromatic heterocycles. The number of hydrogen-bond donors (Lipinski definition) is 1. The van der Waals surface area contributed by atoms with Crippen LogP contribution in [-0.4, -0.2) is 27.8 Å². The summed E-state index contributed by atoms with van der Waals surface area (Å²) in [6, 6.07) is 6.57. The van der Waals surface area contributed by atoms with E-state index in [4.69, 9.17) is 12.2 Å². The zero-order valence-electron chi connectivity index (χ0n) is 12.5. The maximum absolute atomic E-state index is 13.7. The van der Waals surface area contributed by atoms with Crippen molar-refractivity contribution in [3.05, 3.63) is 34.0 Å². The lowest BCUT2D eigenvalue weighted by atomic mass is 10.0. The van der Waals surface area contributed by atoms with Gasteiger partial charge in [0.05, 0.1) is 12.4 Å². The van der Waals surface area contributed by atoms with Crippen LogP contribution in [0.25, 0.3) is 0 Å². The normalized spacial score (nSPS) is 19.3. The van der Waals surface area contributed by atoms with Crippen LogP contribution in [-0.2, 0) is 6.67 Å². The van der Waals surface area contributed by atoms with Crippen molar-refractivity contribution >= 4 is 34.4 Å². The SMILES string of the molecule is C[C@H]1CCCN(Cn2nc(Nc3ccccc3F)sc2=S)C1. The van der Waals surface area contributed by atoms with E-state index in [0.717, 1.165) is 19.0 Å². The fourth-order valence-electron chi connectivity index (χ4n) is 2.73. The van der Waals surface area contributed by atoms with Crippen molar-refractivity contribution in [2.75, 3.05) is 18.4 Å². The minimum absolute atomic E-state index is 0.292. The van der Waals surface area contributed by atoms with Crippen molar-refractivity contribution in [3.8, 4) is 0 Å². The molecule has 0 bridgehead atoms. The van der Waals surface area contributed by atoms with E-state index < -0.39 is 0 Å². The molecule has 1 aromatic carbocycles. The largest absolute Gasteiger partial charge is 0.328 e. The topological polar surface area (TPSA) is 33.1 Å². The Morgan fingerprint density at radius 3 is 3.05 bits per heavy atom. The smallest absolute Gasteiger partial charge is 0.209 e. The highest BCUT2D eigenvalue weighted by Gasteiger charge is 2.17. The van der Waals surface area contributed by atoms with Crippen LogP contribution in [0.15, 0.2) is 24.3 Å².